The number of nitrogens with zero attached hydrogens (tertiary/aromatic N) is 2. The van der Waals surface area contributed by atoms with Gasteiger partial charge >= 0.3 is 0 Å². The molecule has 0 bridgehead atoms. The van der Waals surface area contributed by atoms with Gasteiger partial charge in [-0.15, -0.1) is 0 Å². The first-order chi connectivity index (χ1) is 9.61. The van der Waals surface area contributed by atoms with Crippen LogP contribution >= 0.6 is 11.6 Å². The van der Waals surface area contributed by atoms with Crippen LogP contribution in [0.15, 0.2) is 42.7 Å². The molecule has 2 aromatic rings. The zero-order chi connectivity index (χ0) is 14.5. The fraction of sp³-hybridized carbons (Fsp3) is 0.267. The molecule has 0 spiro atoms. The van der Waals surface area contributed by atoms with Crippen LogP contribution in [0.1, 0.15) is 17.2 Å². The quantitative estimate of drug-likeness (QED) is 0.921. The maximum absolute atomic E-state index is 13.2. The Balaban J connectivity index is 2.16. The van der Waals surface area contributed by atoms with Crippen molar-refractivity contribution in [2.75, 3.05) is 13.6 Å². The smallest absolute Gasteiger partial charge is 0.141 e. The molecule has 0 aliphatic heterocycles. The SMILES string of the molecule is CN(Cc1ccncc1)C(CN)c1ccc(F)c(Cl)c1. The third-order valence-corrected chi connectivity index (χ3v) is 3.55. The number of rotatable bonds is 5. The largest absolute Gasteiger partial charge is 0.329 e. The summed E-state index contributed by atoms with van der Waals surface area (Å²) in [7, 11) is 1.98. The van der Waals surface area contributed by atoms with Gasteiger partial charge in [-0.1, -0.05) is 17.7 Å². The van der Waals surface area contributed by atoms with Crippen molar-refractivity contribution < 1.29 is 4.39 Å². The van der Waals surface area contributed by atoms with Crippen LogP contribution < -0.4 is 5.73 Å². The van der Waals surface area contributed by atoms with Gasteiger partial charge in [-0.2, -0.15) is 0 Å². The number of hydrogen-bond acceptors (Lipinski definition) is 3. The van der Waals surface area contributed by atoms with E-state index in [1.807, 2.05) is 19.2 Å². The molecule has 0 amide bonds. The van der Waals surface area contributed by atoms with Crippen LogP contribution in [0, 0.1) is 5.82 Å². The Morgan fingerprint density at radius 3 is 2.60 bits per heavy atom. The van der Waals surface area contributed by atoms with E-state index >= 15 is 0 Å². The van der Waals surface area contributed by atoms with Crippen molar-refractivity contribution in [3.63, 3.8) is 0 Å². The molecule has 1 aromatic carbocycles. The molecule has 0 saturated heterocycles. The Hall–Kier alpha value is -1.49. The Labute approximate surface area is 123 Å². The third-order valence-electron chi connectivity index (χ3n) is 3.27. The minimum absolute atomic E-state index is 0.0127. The molecule has 0 fully saturated rings. The van der Waals surface area contributed by atoms with Crippen molar-refractivity contribution in [1.82, 2.24) is 9.88 Å². The second-order valence-electron chi connectivity index (χ2n) is 4.70. The van der Waals surface area contributed by atoms with Gasteiger partial charge in [0.25, 0.3) is 0 Å². The summed E-state index contributed by atoms with van der Waals surface area (Å²) in [5, 5.41) is 0.123. The Kier molecular flexibility index (Phi) is 5.06. The van der Waals surface area contributed by atoms with Crippen molar-refractivity contribution in [3.05, 3.63) is 64.7 Å². The molecule has 1 unspecified atom stereocenters. The van der Waals surface area contributed by atoms with Gasteiger partial charge in [-0.25, -0.2) is 4.39 Å². The number of likely N-dealkylation sites (N-methyl/N-ethyl adjacent to an activating group) is 1. The molecule has 3 nitrogen and oxygen atoms in total. The van der Waals surface area contributed by atoms with E-state index in [4.69, 9.17) is 17.3 Å². The Bertz CT molecular complexity index is 562. The zero-order valence-electron chi connectivity index (χ0n) is 11.3. The van der Waals surface area contributed by atoms with Crippen LogP contribution in [0.5, 0.6) is 0 Å². The zero-order valence-corrected chi connectivity index (χ0v) is 12.0. The van der Waals surface area contributed by atoms with E-state index in [0.29, 0.717) is 6.54 Å². The molecule has 106 valence electrons. The predicted molar refractivity (Wildman–Crippen MR) is 78.9 cm³/mol. The monoisotopic (exact) mass is 293 g/mol. The molecule has 1 aromatic heterocycles. The van der Waals surface area contributed by atoms with E-state index in [1.54, 1.807) is 24.5 Å². The van der Waals surface area contributed by atoms with Crippen molar-refractivity contribution in [2.24, 2.45) is 5.73 Å². The van der Waals surface area contributed by atoms with Gasteiger partial charge in [0, 0.05) is 31.5 Å². The molecule has 1 heterocycles. The molecular weight excluding hydrogens is 277 g/mol. The number of nitrogens with two attached hydrogens (primary N) is 1. The second-order valence-corrected chi connectivity index (χ2v) is 5.10. The highest BCUT2D eigenvalue weighted by atomic mass is 35.5. The molecule has 1 atom stereocenters. The lowest BCUT2D eigenvalue weighted by Crippen LogP contribution is -2.30. The minimum atomic E-state index is -0.414. The fourth-order valence-corrected chi connectivity index (χ4v) is 2.37. The Morgan fingerprint density at radius 1 is 1.30 bits per heavy atom. The van der Waals surface area contributed by atoms with E-state index in [0.717, 1.165) is 17.7 Å². The summed E-state index contributed by atoms with van der Waals surface area (Å²) in [5.41, 5.74) is 7.92. The summed E-state index contributed by atoms with van der Waals surface area (Å²) < 4.78 is 13.2. The number of benzene rings is 1. The average Bonchev–Trinajstić information content (AvgIpc) is 2.44. The lowest BCUT2D eigenvalue weighted by atomic mass is 10.0. The van der Waals surface area contributed by atoms with Gasteiger partial charge in [0.1, 0.15) is 5.82 Å². The molecule has 0 aliphatic rings. The highest BCUT2D eigenvalue weighted by Crippen LogP contribution is 2.24. The first kappa shape index (κ1) is 14.9. The molecule has 2 rings (SSSR count). The number of halogens is 2. The van der Waals surface area contributed by atoms with E-state index in [-0.39, 0.29) is 11.1 Å². The van der Waals surface area contributed by atoms with Gasteiger partial charge in [-0.05, 0) is 42.4 Å². The van der Waals surface area contributed by atoms with E-state index in [9.17, 15) is 4.39 Å². The highest BCUT2D eigenvalue weighted by Gasteiger charge is 2.17. The number of pyridine rings is 1. The maximum atomic E-state index is 13.2. The average molecular weight is 294 g/mol. The summed E-state index contributed by atoms with van der Waals surface area (Å²) in [4.78, 5) is 6.10. The molecular formula is C15H17ClFN3. The van der Waals surface area contributed by atoms with Crippen molar-refractivity contribution in [3.8, 4) is 0 Å². The molecule has 5 heteroatoms. The lowest BCUT2D eigenvalue weighted by Gasteiger charge is -2.27. The first-order valence-corrected chi connectivity index (χ1v) is 6.73. The molecule has 0 radical (unpaired) electrons. The Morgan fingerprint density at radius 2 is 2.00 bits per heavy atom. The van der Waals surface area contributed by atoms with E-state index in [2.05, 4.69) is 9.88 Å². The van der Waals surface area contributed by atoms with Crippen LogP contribution in [0.25, 0.3) is 0 Å². The summed E-state index contributed by atoms with van der Waals surface area (Å²) in [6.07, 6.45) is 3.52. The number of hydrogen-bond donors (Lipinski definition) is 1. The summed E-state index contributed by atoms with van der Waals surface area (Å²) in [5.74, 6) is -0.414. The predicted octanol–water partition coefficient (Wildman–Crippen LogP) is 3.01. The molecule has 20 heavy (non-hydrogen) atoms. The molecule has 0 aliphatic carbocycles. The van der Waals surface area contributed by atoms with Crippen molar-refractivity contribution in [1.29, 1.82) is 0 Å². The van der Waals surface area contributed by atoms with Crippen molar-refractivity contribution >= 4 is 11.6 Å². The number of aromatic nitrogens is 1. The normalized spacial score (nSPS) is 12.7. The van der Waals surface area contributed by atoms with Crippen LogP contribution in [-0.2, 0) is 6.54 Å². The third kappa shape index (κ3) is 3.54. The van der Waals surface area contributed by atoms with E-state index < -0.39 is 5.82 Å². The molecule has 2 N–H and O–H groups in total. The van der Waals surface area contributed by atoms with Gasteiger partial charge < -0.3 is 5.73 Å². The van der Waals surface area contributed by atoms with Gasteiger partial charge in [0.15, 0.2) is 0 Å². The van der Waals surface area contributed by atoms with Crippen molar-refractivity contribution in [2.45, 2.75) is 12.6 Å². The van der Waals surface area contributed by atoms with Gasteiger partial charge in [0.05, 0.1) is 5.02 Å². The topological polar surface area (TPSA) is 42.2 Å². The summed E-state index contributed by atoms with van der Waals surface area (Å²) in [6, 6.07) is 8.64. The minimum Gasteiger partial charge on any atom is -0.329 e. The molecule has 0 saturated carbocycles. The van der Waals surface area contributed by atoms with E-state index in [1.165, 1.54) is 6.07 Å². The maximum Gasteiger partial charge on any atom is 0.141 e. The van der Waals surface area contributed by atoms with Crippen LogP contribution in [0.3, 0.4) is 0 Å². The summed E-state index contributed by atoms with van der Waals surface area (Å²) >= 11 is 5.84. The van der Waals surface area contributed by atoms with Crippen LogP contribution in [0.2, 0.25) is 5.02 Å². The first-order valence-electron chi connectivity index (χ1n) is 6.36. The summed E-state index contributed by atoms with van der Waals surface area (Å²) in [6.45, 7) is 1.17. The standard InChI is InChI=1S/C15H17ClFN3/c1-20(10-11-4-6-19-7-5-11)15(9-18)12-2-3-14(17)13(16)8-12/h2-8,15H,9-10,18H2,1H3. The van der Waals surface area contributed by atoms with Crippen LogP contribution in [0.4, 0.5) is 4.39 Å². The van der Waals surface area contributed by atoms with Crippen LogP contribution in [-0.4, -0.2) is 23.5 Å². The van der Waals surface area contributed by atoms with Gasteiger partial charge in [-0.3, -0.25) is 9.88 Å². The lowest BCUT2D eigenvalue weighted by molar-refractivity contribution is 0.241. The fourth-order valence-electron chi connectivity index (χ4n) is 2.18. The van der Waals surface area contributed by atoms with Gasteiger partial charge in [0.2, 0.25) is 0 Å². The highest BCUT2D eigenvalue weighted by molar-refractivity contribution is 6.30. The second kappa shape index (κ2) is 6.79.